The van der Waals surface area contributed by atoms with Crippen molar-refractivity contribution in [3.8, 4) is 0 Å². The Balaban J connectivity index is 1.69. The number of ketones is 1. The zero-order valence-electron chi connectivity index (χ0n) is 16.0. The van der Waals surface area contributed by atoms with Crippen molar-refractivity contribution < 1.29 is 14.3 Å². The maximum atomic E-state index is 13.3. The second kappa shape index (κ2) is 8.70. The van der Waals surface area contributed by atoms with E-state index in [-0.39, 0.29) is 24.3 Å². The third kappa shape index (κ3) is 4.35. The SMILES string of the molecule is O=C1C=C(c2ccccc2)[C@@H](C(=O)OCc2ccccc2)[C@H](c2ccccc2)C1. The standard InChI is InChI=1S/C26H22O3/c27-22-16-23(20-12-6-2-7-13-20)25(24(17-22)21-14-8-3-9-15-21)26(28)29-18-19-10-4-1-5-11-19/h1-16,24-25H,17-18H2/t24-,25+/m0/s1. The molecule has 4 rings (SSSR count). The van der Waals surface area contributed by atoms with E-state index in [2.05, 4.69) is 0 Å². The van der Waals surface area contributed by atoms with Crippen molar-refractivity contribution in [2.75, 3.05) is 0 Å². The molecule has 0 spiro atoms. The second-order valence-electron chi connectivity index (χ2n) is 7.22. The first-order valence-corrected chi connectivity index (χ1v) is 9.78. The summed E-state index contributed by atoms with van der Waals surface area (Å²) in [5.41, 5.74) is 3.52. The number of rotatable bonds is 5. The zero-order chi connectivity index (χ0) is 20.1. The molecule has 0 saturated heterocycles. The Bertz CT molecular complexity index is 1010. The lowest BCUT2D eigenvalue weighted by Crippen LogP contribution is -2.30. The molecule has 0 aromatic heterocycles. The third-order valence-corrected chi connectivity index (χ3v) is 5.29. The lowest BCUT2D eigenvalue weighted by molar-refractivity contribution is -0.148. The number of hydrogen-bond donors (Lipinski definition) is 0. The molecule has 2 atom stereocenters. The van der Waals surface area contributed by atoms with Crippen LogP contribution in [0.2, 0.25) is 0 Å². The fraction of sp³-hybridized carbons (Fsp3) is 0.154. The van der Waals surface area contributed by atoms with Crippen molar-refractivity contribution in [1.29, 1.82) is 0 Å². The van der Waals surface area contributed by atoms with Crippen LogP contribution in [0.15, 0.2) is 97.1 Å². The van der Waals surface area contributed by atoms with E-state index in [9.17, 15) is 9.59 Å². The van der Waals surface area contributed by atoms with Crippen LogP contribution in [0.4, 0.5) is 0 Å². The van der Waals surface area contributed by atoms with Gasteiger partial charge in [0.25, 0.3) is 0 Å². The first kappa shape index (κ1) is 18.9. The highest BCUT2D eigenvalue weighted by atomic mass is 16.5. The summed E-state index contributed by atoms with van der Waals surface area (Å²) in [5.74, 6) is -1.04. The van der Waals surface area contributed by atoms with Gasteiger partial charge >= 0.3 is 5.97 Å². The molecular weight excluding hydrogens is 360 g/mol. The van der Waals surface area contributed by atoms with E-state index >= 15 is 0 Å². The van der Waals surface area contributed by atoms with E-state index < -0.39 is 5.92 Å². The first-order valence-electron chi connectivity index (χ1n) is 9.78. The number of allylic oxidation sites excluding steroid dienone is 1. The Morgan fingerprint density at radius 3 is 2.07 bits per heavy atom. The summed E-state index contributed by atoms with van der Waals surface area (Å²) in [6.07, 6.45) is 1.91. The molecule has 0 aliphatic heterocycles. The maximum Gasteiger partial charge on any atom is 0.314 e. The highest BCUT2D eigenvalue weighted by molar-refractivity contribution is 6.04. The van der Waals surface area contributed by atoms with Gasteiger partial charge in [-0.3, -0.25) is 9.59 Å². The molecule has 29 heavy (non-hydrogen) atoms. The minimum Gasteiger partial charge on any atom is -0.460 e. The lowest BCUT2D eigenvalue weighted by atomic mass is 9.72. The molecule has 144 valence electrons. The average molecular weight is 382 g/mol. The van der Waals surface area contributed by atoms with Gasteiger partial charge in [0.1, 0.15) is 6.61 Å². The van der Waals surface area contributed by atoms with Gasteiger partial charge in [0, 0.05) is 12.3 Å². The summed E-state index contributed by atoms with van der Waals surface area (Å²) >= 11 is 0. The molecule has 0 saturated carbocycles. The predicted octanol–water partition coefficient (Wildman–Crippen LogP) is 5.19. The van der Waals surface area contributed by atoms with E-state index in [4.69, 9.17) is 4.74 Å². The molecule has 0 amide bonds. The molecule has 0 fully saturated rings. The van der Waals surface area contributed by atoms with Crippen molar-refractivity contribution in [1.82, 2.24) is 0 Å². The zero-order valence-corrected chi connectivity index (χ0v) is 16.0. The molecule has 0 heterocycles. The van der Waals surface area contributed by atoms with Crippen LogP contribution in [0.5, 0.6) is 0 Å². The molecule has 0 unspecified atom stereocenters. The Hall–Kier alpha value is -3.46. The van der Waals surface area contributed by atoms with Crippen LogP contribution >= 0.6 is 0 Å². The van der Waals surface area contributed by atoms with E-state index in [1.165, 1.54) is 0 Å². The number of benzene rings is 3. The van der Waals surface area contributed by atoms with E-state index in [0.717, 1.165) is 22.3 Å². The summed E-state index contributed by atoms with van der Waals surface area (Å²) in [7, 11) is 0. The van der Waals surface area contributed by atoms with Gasteiger partial charge in [0.15, 0.2) is 5.78 Å². The highest BCUT2D eigenvalue weighted by Gasteiger charge is 2.39. The Morgan fingerprint density at radius 2 is 1.41 bits per heavy atom. The number of carbonyl (C=O) groups is 2. The summed E-state index contributed by atoms with van der Waals surface area (Å²) in [6, 6.07) is 29.0. The Morgan fingerprint density at radius 1 is 0.828 bits per heavy atom. The Labute approximate surface area is 170 Å². The van der Waals surface area contributed by atoms with Crippen molar-refractivity contribution in [2.24, 2.45) is 5.92 Å². The van der Waals surface area contributed by atoms with Crippen molar-refractivity contribution in [3.05, 3.63) is 114 Å². The molecule has 3 nitrogen and oxygen atoms in total. The van der Waals surface area contributed by atoms with Gasteiger partial charge in [0.05, 0.1) is 5.92 Å². The molecule has 3 heteroatoms. The topological polar surface area (TPSA) is 43.4 Å². The maximum absolute atomic E-state index is 13.3. The quantitative estimate of drug-likeness (QED) is 0.571. The van der Waals surface area contributed by atoms with E-state index in [0.29, 0.717) is 6.42 Å². The van der Waals surface area contributed by atoms with Gasteiger partial charge in [-0.15, -0.1) is 0 Å². The second-order valence-corrected chi connectivity index (χ2v) is 7.22. The van der Waals surface area contributed by atoms with E-state index in [1.807, 2.05) is 91.0 Å². The van der Waals surface area contributed by atoms with Crippen molar-refractivity contribution in [3.63, 3.8) is 0 Å². The third-order valence-electron chi connectivity index (χ3n) is 5.29. The van der Waals surface area contributed by atoms with Gasteiger partial charge in [-0.05, 0) is 28.3 Å². The van der Waals surface area contributed by atoms with E-state index in [1.54, 1.807) is 6.08 Å². The first-order chi connectivity index (χ1) is 14.2. The van der Waals surface area contributed by atoms with Gasteiger partial charge in [-0.25, -0.2) is 0 Å². The molecule has 1 aliphatic rings. The molecular formula is C26H22O3. The number of hydrogen-bond acceptors (Lipinski definition) is 3. The fourth-order valence-electron chi connectivity index (χ4n) is 3.89. The lowest BCUT2D eigenvalue weighted by Gasteiger charge is -2.31. The van der Waals surface area contributed by atoms with Crippen LogP contribution < -0.4 is 0 Å². The van der Waals surface area contributed by atoms with Gasteiger partial charge in [-0.2, -0.15) is 0 Å². The summed E-state index contributed by atoms with van der Waals surface area (Å²) in [4.78, 5) is 25.8. The van der Waals surface area contributed by atoms with Crippen molar-refractivity contribution >= 4 is 17.3 Å². The fourth-order valence-corrected chi connectivity index (χ4v) is 3.89. The normalized spacial score (nSPS) is 18.8. The number of carbonyl (C=O) groups excluding carboxylic acids is 2. The summed E-state index contributed by atoms with van der Waals surface area (Å²) in [5, 5.41) is 0. The largest absolute Gasteiger partial charge is 0.460 e. The molecule has 3 aromatic rings. The Kier molecular flexibility index (Phi) is 5.66. The van der Waals surface area contributed by atoms with Crippen LogP contribution in [0.1, 0.15) is 29.0 Å². The molecule has 1 aliphatic carbocycles. The molecule has 0 N–H and O–H groups in total. The monoisotopic (exact) mass is 382 g/mol. The number of esters is 1. The summed E-state index contributed by atoms with van der Waals surface area (Å²) in [6.45, 7) is 0.216. The predicted molar refractivity (Wildman–Crippen MR) is 113 cm³/mol. The minimum atomic E-state index is -0.527. The highest BCUT2D eigenvalue weighted by Crippen LogP contribution is 2.42. The molecule has 0 bridgehead atoms. The molecule has 3 aromatic carbocycles. The van der Waals surface area contributed by atoms with Crippen LogP contribution in [0, 0.1) is 5.92 Å². The smallest absolute Gasteiger partial charge is 0.314 e. The average Bonchev–Trinajstić information content (AvgIpc) is 2.79. The van der Waals surface area contributed by atoms with Crippen LogP contribution in [0.25, 0.3) is 5.57 Å². The van der Waals surface area contributed by atoms with Crippen LogP contribution in [0.3, 0.4) is 0 Å². The van der Waals surface area contributed by atoms with Crippen LogP contribution in [-0.2, 0) is 20.9 Å². The minimum absolute atomic E-state index is 0.0322. The molecule has 0 radical (unpaired) electrons. The van der Waals surface area contributed by atoms with Gasteiger partial charge in [-0.1, -0.05) is 91.0 Å². The number of ether oxygens (including phenoxy) is 1. The van der Waals surface area contributed by atoms with Crippen LogP contribution in [-0.4, -0.2) is 11.8 Å². The summed E-state index contributed by atoms with van der Waals surface area (Å²) < 4.78 is 5.72. The van der Waals surface area contributed by atoms with Gasteiger partial charge in [0.2, 0.25) is 0 Å². The van der Waals surface area contributed by atoms with Crippen molar-refractivity contribution in [2.45, 2.75) is 18.9 Å². The van der Waals surface area contributed by atoms with Gasteiger partial charge < -0.3 is 4.74 Å².